The molecule has 74 heavy (non-hydrogen) atoms. The highest BCUT2D eigenvalue weighted by molar-refractivity contribution is 7.86. The summed E-state index contributed by atoms with van der Waals surface area (Å²) in [4.78, 5) is 26.2. The third-order valence-electron chi connectivity index (χ3n) is 12.1. The smallest absolute Gasteiger partial charge is 0.233 e. The van der Waals surface area contributed by atoms with E-state index in [9.17, 15) is 25.9 Å². The van der Waals surface area contributed by atoms with E-state index in [2.05, 4.69) is 128 Å². The summed E-state index contributed by atoms with van der Waals surface area (Å²) < 4.78 is 77.0. The molecule has 0 unspecified atom stereocenters. The number of aromatic nitrogens is 6. The summed E-state index contributed by atoms with van der Waals surface area (Å²) in [7, 11) is -10.3. The number of para-hydroxylation sites is 2. The summed E-state index contributed by atoms with van der Waals surface area (Å²) in [5.41, 5.74) is 0.334. The van der Waals surface area contributed by atoms with Crippen LogP contribution in [0.25, 0.3) is 12.2 Å². The zero-order valence-electron chi connectivity index (χ0n) is 41.9. The molecule has 2 aliphatic rings. The highest BCUT2D eigenvalue weighted by Gasteiger charge is 2.39. The monoisotopic (exact) mass is 1080 g/mol. The van der Waals surface area contributed by atoms with E-state index >= 15 is 0 Å². The van der Waals surface area contributed by atoms with Crippen molar-refractivity contribution in [3.05, 3.63) is 106 Å². The van der Waals surface area contributed by atoms with Crippen molar-refractivity contribution in [2.45, 2.75) is 125 Å². The summed E-state index contributed by atoms with van der Waals surface area (Å²) >= 11 is 12.9. The maximum absolute atomic E-state index is 12.8. The lowest BCUT2D eigenvalue weighted by Crippen LogP contribution is -2.60. The van der Waals surface area contributed by atoms with Gasteiger partial charge in [0.05, 0.1) is 31.2 Å². The van der Waals surface area contributed by atoms with E-state index < -0.39 is 30.0 Å². The Bertz CT molecular complexity index is 3090. The zero-order chi connectivity index (χ0) is 53.4. The van der Waals surface area contributed by atoms with Gasteiger partial charge in [-0.2, -0.15) is 29.9 Å². The minimum atomic E-state index is -5.16. The van der Waals surface area contributed by atoms with Crippen LogP contribution in [0, 0.1) is 0 Å². The number of hydrogen-bond acceptors (Lipinski definition) is 20. The summed E-state index contributed by atoms with van der Waals surface area (Å²) in [6, 6.07) is 21.9. The Labute approximate surface area is 441 Å². The minimum absolute atomic E-state index is 0.00799. The molecule has 4 aromatic carbocycles. The molecule has 2 saturated heterocycles. The van der Waals surface area contributed by atoms with E-state index in [-0.39, 0.29) is 92.4 Å². The van der Waals surface area contributed by atoms with Gasteiger partial charge in [-0.25, -0.2) is 16.8 Å². The first kappa shape index (κ1) is 54.0. The molecule has 2 fully saturated rings. The van der Waals surface area contributed by atoms with Crippen molar-refractivity contribution in [1.82, 2.24) is 40.5 Å². The second-order valence-corrected chi connectivity index (χ2v) is 24.6. The average molecular weight is 1090 g/mol. The van der Waals surface area contributed by atoms with Crippen LogP contribution in [0.15, 0.2) is 94.7 Å². The van der Waals surface area contributed by atoms with Crippen LogP contribution in [0.3, 0.4) is 0 Å². The Kier molecular flexibility index (Phi) is 15.2. The topological polar surface area (TPSA) is 288 Å². The molecule has 0 aliphatic carbocycles. The van der Waals surface area contributed by atoms with E-state index in [0.29, 0.717) is 21.4 Å². The van der Waals surface area contributed by atoms with Gasteiger partial charge in [0.1, 0.15) is 20.2 Å². The van der Waals surface area contributed by atoms with Crippen molar-refractivity contribution in [1.29, 1.82) is 0 Å². The molecule has 0 atom stereocenters. The molecule has 2 aliphatic heterocycles. The molecule has 8 rings (SSSR count). The van der Waals surface area contributed by atoms with Gasteiger partial charge in [-0.15, -0.1) is 0 Å². The fourth-order valence-electron chi connectivity index (χ4n) is 10.1. The molecule has 24 heteroatoms. The first-order valence-electron chi connectivity index (χ1n) is 23.6. The predicted octanol–water partition coefficient (Wildman–Crippen LogP) is 9.76. The van der Waals surface area contributed by atoms with Gasteiger partial charge in [0.25, 0.3) is 0 Å². The van der Waals surface area contributed by atoms with E-state index in [1.54, 1.807) is 48.5 Å². The van der Waals surface area contributed by atoms with Crippen LogP contribution in [-0.4, -0.2) is 90.1 Å². The fourth-order valence-corrected chi connectivity index (χ4v) is 11.8. The number of piperidine rings is 2. The van der Waals surface area contributed by atoms with Gasteiger partial charge in [0, 0.05) is 45.6 Å². The molecule has 0 bridgehead atoms. The zero-order valence-corrected chi connectivity index (χ0v) is 45.1. The molecule has 392 valence electrons. The van der Waals surface area contributed by atoms with Crippen LogP contribution >= 0.6 is 23.2 Å². The Morgan fingerprint density at radius 3 is 1.12 bits per heavy atom. The molecule has 8 N–H and O–H groups in total. The molecule has 0 amide bonds. The predicted molar refractivity (Wildman–Crippen MR) is 289 cm³/mol. The van der Waals surface area contributed by atoms with E-state index in [1.807, 2.05) is 0 Å². The molecule has 2 aromatic heterocycles. The molecule has 0 spiro atoms. The Morgan fingerprint density at radius 2 is 0.797 bits per heavy atom. The third-order valence-corrected chi connectivity index (χ3v) is 14.5. The van der Waals surface area contributed by atoms with Crippen LogP contribution < -0.4 is 42.5 Å². The van der Waals surface area contributed by atoms with Gasteiger partial charge in [-0.05, 0) is 141 Å². The number of hydrogen-bond donors (Lipinski definition) is 8. The number of benzene rings is 4. The maximum atomic E-state index is 12.8. The first-order valence-corrected chi connectivity index (χ1v) is 27.2. The minimum Gasteiger partial charge on any atom is -0.744 e. The number of anilines is 10. The third kappa shape index (κ3) is 14.3. The molecular formula is C50H58Cl2N14O6S2-2. The largest absolute Gasteiger partial charge is 0.744 e. The van der Waals surface area contributed by atoms with Crippen LogP contribution in [0.4, 0.5) is 58.4 Å². The first-order chi connectivity index (χ1) is 34.5. The average Bonchev–Trinajstić information content (AvgIpc) is 3.25. The summed E-state index contributed by atoms with van der Waals surface area (Å²) in [5, 5.41) is 27.3. The molecule has 0 saturated carbocycles. The van der Waals surface area contributed by atoms with Crippen LogP contribution in [-0.2, 0) is 20.2 Å². The standard InChI is InChI=1S/C50H60Cl2N14O6S2/c1-47(2)25-33(26-48(3,4)65-47)55-43-59-41(61-45(63-43)57-37-15-11-9-13-35(37)51)53-31-21-19-29(39(23-31)73(67,68)69)17-18-30-20-22-32(24-40(30)74(70,71)72)54-42-60-44(56-34-27-49(5,6)66-50(7,8)28-34)64-46(62-42)58-38-16-12-10-14-36(38)52/h9-24,33-34,65-66H,25-28H2,1-8H3,(H,67,68,69)(H,70,71,72)(H3,53,55,57,59,61,63)(H3,54,56,58,60,62,64)/p-2/b18-17+. The van der Waals surface area contributed by atoms with Crippen LogP contribution in [0.5, 0.6) is 0 Å². The van der Waals surface area contributed by atoms with Gasteiger partial charge in [0.2, 0.25) is 35.7 Å². The molecule has 20 nitrogen and oxygen atoms in total. The summed E-state index contributed by atoms with van der Waals surface area (Å²) in [6.07, 6.45) is 5.46. The number of rotatable bonds is 16. The lowest BCUT2D eigenvalue weighted by molar-refractivity contribution is 0.170. The summed E-state index contributed by atoms with van der Waals surface area (Å²) in [5.74, 6) is 0.714. The van der Waals surface area contributed by atoms with E-state index in [4.69, 9.17) is 23.2 Å². The van der Waals surface area contributed by atoms with Crippen molar-refractivity contribution in [2.24, 2.45) is 0 Å². The van der Waals surface area contributed by atoms with E-state index in [0.717, 1.165) is 37.8 Å². The second kappa shape index (κ2) is 20.8. The van der Waals surface area contributed by atoms with Gasteiger partial charge in [-0.3, -0.25) is 0 Å². The normalized spacial score (nSPS) is 17.6. The van der Waals surface area contributed by atoms with Crippen molar-refractivity contribution < 1.29 is 25.9 Å². The van der Waals surface area contributed by atoms with E-state index in [1.165, 1.54) is 36.4 Å². The molecule has 0 radical (unpaired) electrons. The Balaban J connectivity index is 1.07. The summed E-state index contributed by atoms with van der Waals surface area (Å²) in [6.45, 7) is 17.0. The molecule has 4 heterocycles. The van der Waals surface area contributed by atoms with Crippen molar-refractivity contribution in [2.75, 3.05) is 31.9 Å². The maximum Gasteiger partial charge on any atom is 0.233 e. The lowest BCUT2D eigenvalue weighted by atomic mass is 9.79. The highest BCUT2D eigenvalue weighted by Crippen LogP contribution is 2.34. The number of halogens is 2. The second-order valence-electron chi connectivity index (χ2n) is 21.1. The van der Waals surface area contributed by atoms with Crippen LogP contribution in [0.2, 0.25) is 10.0 Å². The van der Waals surface area contributed by atoms with Crippen molar-refractivity contribution >= 4 is 114 Å². The van der Waals surface area contributed by atoms with Crippen molar-refractivity contribution in [3.63, 3.8) is 0 Å². The van der Waals surface area contributed by atoms with Gasteiger partial charge in [0.15, 0.2) is 0 Å². The Hall–Kier alpha value is -6.24. The fraction of sp³-hybridized carbons (Fsp3) is 0.360. The molecule has 6 aromatic rings. The quantitative estimate of drug-likeness (QED) is 0.0330. The number of nitrogens with one attached hydrogen (secondary N) is 8. The van der Waals surface area contributed by atoms with Gasteiger partial charge in [-0.1, -0.05) is 71.8 Å². The SMILES string of the molecule is CC1(C)CC(Nc2nc(Nc3ccc(/C=C/c4ccc(Nc5nc(Nc6ccccc6Cl)nc(NC6CC(C)(C)NC(C)(C)C6)n5)cc4S(=O)(=O)[O-])c(S(=O)(=O)[O-])c3)nc(Nc3ccccc3Cl)n2)CC(C)(C)N1. The molecular weight excluding hydrogens is 1030 g/mol. The van der Waals surface area contributed by atoms with Crippen molar-refractivity contribution in [3.8, 4) is 0 Å². The van der Waals surface area contributed by atoms with Gasteiger partial charge < -0.3 is 51.6 Å². The van der Waals surface area contributed by atoms with Gasteiger partial charge >= 0.3 is 0 Å². The lowest BCUT2D eigenvalue weighted by Gasteiger charge is -2.46. The highest BCUT2D eigenvalue weighted by atomic mass is 35.5. The van der Waals surface area contributed by atoms with Crippen LogP contribution in [0.1, 0.15) is 92.2 Å². The number of nitrogens with zero attached hydrogens (tertiary/aromatic N) is 6. The Morgan fingerprint density at radius 1 is 0.486 bits per heavy atom.